The third-order valence-electron chi connectivity index (χ3n) is 6.21. The molecule has 0 spiro atoms. The molecule has 0 radical (unpaired) electrons. The summed E-state index contributed by atoms with van der Waals surface area (Å²) in [6, 6.07) is 11.3. The van der Waals surface area contributed by atoms with Crippen molar-refractivity contribution in [1.29, 1.82) is 0 Å². The Morgan fingerprint density at radius 1 is 0.857 bits per heavy atom. The summed E-state index contributed by atoms with van der Waals surface area (Å²) in [6.07, 6.45) is 14.8. The molecule has 21 heavy (non-hydrogen) atoms. The van der Waals surface area contributed by atoms with Crippen molar-refractivity contribution in [3.05, 3.63) is 35.9 Å². The maximum Gasteiger partial charge on any atom is -0.0159 e. The fourth-order valence-corrected chi connectivity index (χ4v) is 4.96. The Bertz CT molecular complexity index is 407. The summed E-state index contributed by atoms with van der Waals surface area (Å²) >= 11 is 0. The van der Waals surface area contributed by atoms with Crippen molar-refractivity contribution in [2.45, 2.75) is 77.0 Å². The van der Waals surface area contributed by atoms with Crippen LogP contribution >= 0.6 is 0 Å². The van der Waals surface area contributed by atoms with E-state index in [1.807, 2.05) is 0 Å². The van der Waals surface area contributed by atoms with E-state index in [0.717, 1.165) is 23.7 Å². The Labute approximate surface area is 131 Å². The van der Waals surface area contributed by atoms with Gasteiger partial charge in [-0.2, -0.15) is 0 Å². The molecule has 1 aromatic carbocycles. The lowest BCUT2D eigenvalue weighted by Crippen LogP contribution is -2.30. The van der Waals surface area contributed by atoms with Crippen molar-refractivity contribution < 1.29 is 0 Å². The minimum Gasteiger partial charge on any atom is -0.0654 e. The Morgan fingerprint density at radius 2 is 1.62 bits per heavy atom. The van der Waals surface area contributed by atoms with Gasteiger partial charge in [0.1, 0.15) is 0 Å². The van der Waals surface area contributed by atoms with Crippen molar-refractivity contribution in [2.75, 3.05) is 0 Å². The molecule has 0 amide bonds. The van der Waals surface area contributed by atoms with E-state index in [4.69, 9.17) is 0 Å². The van der Waals surface area contributed by atoms with Crippen LogP contribution in [0.2, 0.25) is 0 Å². The van der Waals surface area contributed by atoms with Gasteiger partial charge in [-0.15, -0.1) is 0 Å². The molecule has 4 unspecified atom stereocenters. The molecule has 2 aliphatic rings. The minimum absolute atomic E-state index is 0.851. The highest BCUT2D eigenvalue weighted by Crippen LogP contribution is 2.48. The first-order valence-corrected chi connectivity index (χ1v) is 9.41. The Kier molecular flexibility index (Phi) is 5.38. The summed E-state index contributed by atoms with van der Waals surface area (Å²) in [5.74, 6) is 4.01. The zero-order valence-electron chi connectivity index (χ0n) is 13.8. The molecule has 3 rings (SSSR count). The summed E-state index contributed by atoms with van der Waals surface area (Å²) in [7, 11) is 0. The number of hydrogen-bond acceptors (Lipinski definition) is 0. The Morgan fingerprint density at radius 3 is 2.43 bits per heavy atom. The highest BCUT2D eigenvalue weighted by Gasteiger charge is 2.35. The average molecular weight is 284 g/mol. The van der Waals surface area contributed by atoms with Gasteiger partial charge < -0.3 is 0 Å². The second-order valence-electron chi connectivity index (χ2n) is 7.62. The van der Waals surface area contributed by atoms with Crippen LogP contribution < -0.4 is 0 Å². The molecule has 1 aromatic rings. The summed E-state index contributed by atoms with van der Waals surface area (Å²) in [4.78, 5) is 0. The maximum absolute atomic E-state index is 2.35. The van der Waals surface area contributed by atoms with Gasteiger partial charge in [0.25, 0.3) is 0 Å². The fraction of sp³-hybridized carbons (Fsp3) is 0.714. The third-order valence-corrected chi connectivity index (χ3v) is 6.21. The van der Waals surface area contributed by atoms with Crippen LogP contribution in [0.5, 0.6) is 0 Å². The summed E-state index contributed by atoms with van der Waals surface area (Å²) in [5.41, 5.74) is 1.60. The highest BCUT2D eigenvalue weighted by molar-refractivity contribution is 5.20. The molecule has 0 aliphatic heterocycles. The normalized spacial score (nSPS) is 32.6. The molecule has 2 fully saturated rings. The van der Waals surface area contributed by atoms with E-state index in [2.05, 4.69) is 37.3 Å². The van der Waals surface area contributed by atoms with Gasteiger partial charge >= 0.3 is 0 Å². The smallest absolute Gasteiger partial charge is 0.0159 e. The molecule has 2 aliphatic carbocycles. The van der Waals surface area contributed by atoms with E-state index in [0.29, 0.717) is 0 Å². The SMILES string of the molecule is CCCCCC1CCC2CC(c3ccccc3)CCC2C1. The first-order valence-electron chi connectivity index (χ1n) is 9.41. The van der Waals surface area contributed by atoms with E-state index in [1.165, 1.54) is 57.8 Å². The topological polar surface area (TPSA) is 0 Å². The molecule has 0 saturated heterocycles. The quantitative estimate of drug-likeness (QED) is 0.537. The molecule has 4 atom stereocenters. The van der Waals surface area contributed by atoms with Crippen LogP contribution in [0.1, 0.15) is 82.6 Å². The lowest BCUT2D eigenvalue weighted by molar-refractivity contribution is 0.113. The second-order valence-corrected chi connectivity index (χ2v) is 7.62. The standard InChI is InChI=1S/C21H32/c1-2-3-5-8-17-11-12-21-16-20(14-13-19(21)15-17)18-9-6-4-7-10-18/h4,6-7,9-10,17,19-21H,2-3,5,8,11-16H2,1H3. The lowest BCUT2D eigenvalue weighted by atomic mass is 9.63. The van der Waals surface area contributed by atoms with Gasteiger partial charge in [0, 0.05) is 0 Å². The van der Waals surface area contributed by atoms with Crippen molar-refractivity contribution in [1.82, 2.24) is 0 Å². The molecule has 0 heteroatoms. The van der Waals surface area contributed by atoms with Crippen molar-refractivity contribution in [2.24, 2.45) is 17.8 Å². The summed E-state index contributed by atoms with van der Waals surface area (Å²) in [6.45, 7) is 2.32. The predicted molar refractivity (Wildman–Crippen MR) is 91.5 cm³/mol. The molecular formula is C21H32. The van der Waals surface area contributed by atoms with E-state index in [-0.39, 0.29) is 0 Å². The van der Waals surface area contributed by atoms with Gasteiger partial charge in [-0.05, 0) is 61.3 Å². The molecule has 0 aromatic heterocycles. The molecular weight excluding hydrogens is 252 g/mol. The van der Waals surface area contributed by atoms with Crippen LogP contribution in [0.25, 0.3) is 0 Å². The highest BCUT2D eigenvalue weighted by atomic mass is 14.4. The van der Waals surface area contributed by atoms with E-state index in [1.54, 1.807) is 12.0 Å². The van der Waals surface area contributed by atoms with Gasteiger partial charge in [0.2, 0.25) is 0 Å². The first-order chi connectivity index (χ1) is 10.4. The molecule has 0 heterocycles. The predicted octanol–water partition coefficient (Wildman–Crippen LogP) is 6.57. The van der Waals surface area contributed by atoms with Crippen molar-refractivity contribution >= 4 is 0 Å². The number of rotatable bonds is 5. The van der Waals surface area contributed by atoms with Gasteiger partial charge in [-0.3, -0.25) is 0 Å². The number of hydrogen-bond donors (Lipinski definition) is 0. The second kappa shape index (κ2) is 7.47. The lowest BCUT2D eigenvalue weighted by Gasteiger charge is -2.42. The van der Waals surface area contributed by atoms with E-state index in [9.17, 15) is 0 Å². The number of fused-ring (bicyclic) bond motifs is 1. The first kappa shape index (κ1) is 15.1. The van der Waals surface area contributed by atoms with Crippen LogP contribution in [-0.4, -0.2) is 0 Å². The Hall–Kier alpha value is -0.780. The van der Waals surface area contributed by atoms with Gasteiger partial charge in [-0.25, -0.2) is 0 Å². The van der Waals surface area contributed by atoms with E-state index < -0.39 is 0 Å². The van der Waals surface area contributed by atoms with E-state index >= 15 is 0 Å². The third kappa shape index (κ3) is 3.90. The van der Waals surface area contributed by atoms with Crippen molar-refractivity contribution in [3.8, 4) is 0 Å². The molecule has 0 N–H and O–H groups in total. The maximum atomic E-state index is 2.35. The number of benzene rings is 1. The minimum atomic E-state index is 0.851. The molecule has 2 saturated carbocycles. The average Bonchev–Trinajstić information content (AvgIpc) is 2.55. The van der Waals surface area contributed by atoms with Crippen LogP contribution in [0, 0.1) is 17.8 Å². The largest absolute Gasteiger partial charge is 0.0654 e. The molecule has 0 nitrogen and oxygen atoms in total. The van der Waals surface area contributed by atoms with Gasteiger partial charge in [0.05, 0.1) is 0 Å². The molecule has 116 valence electrons. The Balaban J connectivity index is 1.51. The fourth-order valence-electron chi connectivity index (χ4n) is 4.96. The molecule has 0 bridgehead atoms. The zero-order chi connectivity index (χ0) is 14.5. The van der Waals surface area contributed by atoms with Crippen LogP contribution in [-0.2, 0) is 0 Å². The monoisotopic (exact) mass is 284 g/mol. The van der Waals surface area contributed by atoms with Crippen molar-refractivity contribution in [3.63, 3.8) is 0 Å². The van der Waals surface area contributed by atoms with Crippen LogP contribution in [0.4, 0.5) is 0 Å². The van der Waals surface area contributed by atoms with Crippen LogP contribution in [0.3, 0.4) is 0 Å². The summed E-state index contributed by atoms with van der Waals surface area (Å²) in [5, 5.41) is 0. The van der Waals surface area contributed by atoms with Gasteiger partial charge in [0.15, 0.2) is 0 Å². The summed E-state index contributed by atoms with van der Waals surface area (Å²) < 4.78 is 0. The van der Waals surface area contributed by atoms with Crippen LogP contribution in [0.15, 0.2) is 30.3 Å². The van der Waals surface area contributed by atoms with Gasteiger partial charge in [-0.1, -0.05) is 69.4 Å². The zero-order valence-corrected chi connectivity index (χ0v) is 13.8. The number of unbranched alkanes of at least 4 members (excludes halogenated alkanes) is 2.